The molecule has 8 nitrogen and oxygen atoms in total. The van der Waals surface area contributed by atoms with E-state index in [2.05, 4.69) is 10.1 Å². The molecule has 0 bridgehead atoms. The lowest BCUT2D eigenvalue weighted by Crippen LogP contribution is -2.08. The van der Waals surface area contributed by atoms with Crippen LogP contribution >= 0.6 is 0 Å². The van der Waals surface area contributed by atoms with E-state index in [0.29, 0.717) is 29.0 Å². The van der Waals surface area contributed by atoms with Gasteiger partial charge in [-0.1, -0.05) is 36.4 Å². The number of aliphatic imine (C=N–C) groups is 1. The molecule has 3 aromatic rings. The van der Waals surface area contributed by atoms with Crippen LogP contribution < -0.4 is 0 Å². The Balaban J connectivity index is 2.26. The summed E-state index contributed by atoms with van der Waals surface area (Å²) in [5, 5.41) is 15.6. The van der Waals surface area contributed by atoms with Gasteiger partial charge in [0.1, 0.15) is 5.69 Å². The van der Waals surface area contributed by atoms with E-state index in [4.69, 9.17) is 0 Å². The lowest BCUT2D eigenvalue weighted by atomic mass is 10.1. The van der Waals surface area contributed by atoms with Crippen molar-refractivity contribution in [3.63, 3.8) is 0 Å². The van der Waals surface area contributed by atoms with Gasteiger partial charge < -0.3 is 4.90 Å². The summed E-state index contributed by atoms with van der Waals surface area (Å²) in [5.41, 5.74) is 1.90. The number of nitro benzene ring substituents is 1. The molecule has 0 aliphatic rings. The van der Waals surface area contributed by atoms with Crippen molar-refractivity contribution in [3.8, 4) is 16.9 Å². The summed E-state index contributed by atoms with van der Waals surface area (Å²) in [5.74, 6) is 0.304. The van der Waals surface area contributed by atoms with Crippen molar-refractivity contribution in [2.45, 2.75) is 0 Å². The zero-order valence-corrected chi connectivity index (χ0v) is 14.8. The summed E-state index contributed by atoms with van der Waals surface area (Å²) in [6.45, 7) is 0. The van der Waals surface area contributed by atoms with Gasteiger partial charge in [0.25, 0.3) is 5.69 Å². The van der Waals surface area contributed by atoms with Crippen LogP contribution in [0.15, 0.2) is 59.6 Å². The van der Waals surface area contributed by atoms with Crippen LogP contribution in [0.4, 0.5) is 11.5 Å². The van der Waals surface area contributed by atoms with Crippen LogP contribution in [0.1, 0.15) is 10.4 Å². The molecule has 0 aliphatic carbocycles. The number of nitro groups is 1. The molecule has 0 N–H and O–H groups in total. The van der Waals surface area contributed by atoms with E-state index in [-0.39, 0.29) is 5.69 Å². The average Bonchev–Trinajstić information content (AvgIpc) is 3.05. The molecule has 3 rings (SSSR count). The average molecular weight is 363 g/mol. The maximum atomic E-state index is 11.8. The molecule has 0 saturated carbocycles. The van der Waals surface area contributed by atoms with Gasteiger partial charge in [-0.3, -0.25) is 14.9 Å². The predicted octanol–water partition coefficient (Wildman–Crippen LogP) is 3.48. The molecule has 0 atom stereocenters. The lowest BCUT2D eigenvalue weighted by molar-refractivity contribution is -0.384. The molecule has 0 radical (unpaired) electrons. The Labute approximate surface area is 155 Å². The first-order chi connectivity index (χ1) is 13.0. The number of rotatable bonds is 6. The molecule has 0 fully saturated rings. The zero-order valence-electron chi connectivity index (χ0n) is 14.8. The first kappa shape index (κ1) is 18.0. The summed E-state index contributed by atoms with van der Waals surface area (Å²) in [4.78, 5) is 28.6. The molecule has 1 heterocycles. The monoisotopic (exact) mass is 363 g/mol. The first-order valence-corrected chi connectivity index (χ1v) is 8.10. The molecule has 0 spiro atoms. The van der Waals surface area contributed by atoms with E-state index in [1.807, 2.05) is 30.3 Å². The molecular weight excluding hydrogens is 346 g/mol. The number of benzene rings is 2. The van der Waals surface area contributed by atoms with Crippen molar-refractivity contribution in [1.82, 2.24) is 14.7 Å². The Bertz CT molecular complexity index is 1010. The molecule has 2 aromatic carbocycles. The van der Waals surface area contributed by atoms with Gasteiger partial charge >= 0.3 is 0 Å². The number of non-ortho nitro benzene ring substituents is 1. The van der Waals surface area contributed by atoms with Crippen LogP contribution in [0, 0.1) is 10.1 Å². The number of aromatic nitrogens is 2. The maximum absolute atomic E-state index is 11.8. The van der Waals surface area contributed by atoms with Gasteiger partial charge in [-0.2, -0.15) is 5.10 Å². The molecule has 27 heavy (non-hydrogen) atoms. The first-order valence-electron chi connectivity index (χ1n) is 8.10. The molecule has 8 heteroatoms. The molecule has 0 amide bonds. The van der Waals surface area contributed by atoms with Gasteiger partial charge in [-0.25, -0.2) is 9.67 Å². The fourth-order valence-corrected chi connectivity index (χ4v) is 2.55. The Morgan fingerprint density at radius 1 is 1.15 bits per heavy atom. The fourth-order valence-electron chi connectivity index (χ4n) is 2.55. The summed E-state index contributed by atoms with van der Waals surface area (Å²) in [6.07, 6.45) is 2.25. The van der Waals surface area contributed by atoms with Gasteiger partial charge in [0.05, 0.1) is 22.5 Å². The number of hydrogen-bond donors (Lipinski definition) is 0. The van der Waals surface area contributed by atoms with E-state index in [1.165, 1.54) is 16.8 Å². The van der Waals surface area contributed by atoms with Crippen molar-refractivity contribution in [2.24, 2.45) is 4.99 Å². The SMILES string of the molecule is CN(C)/C=N/c1c(C=O)c(-c2ccccc2)nn1-c1cccc([N+](=O)[O-])c1. The number of carbonyl (C=O) groups excluding carboxylic acids is 1. The Hall–Kier alpha value is -3.81. The molecule has 0 unspecified atom stereocenters. The predicted molar refractivity (Wildman–Crippen MR) is 103 cm³/mol. The quantitative estimate of drug-likeness (QED) is 0.220. The summed E-state index contributed by atoms with van der Waals surface area (Å²) >= 11 is 0. The van der Waals surface area contributed by atoms with E-state index >= 15 is 0 Å². The second-order valence-electron chi connectivity index (χ2n) is 5.97. The van der Waals surface area contributed by atoms with Crippen LogP contribution in [0.2, 0.25) is 0 Å². The highest BCUT2D eigenvalue weighted by molar-refractivity contribution is 5.92. The van der Waals surface area contributed by atoms with E-state index in [9.17, 15) is 14.9 Å². The minimum atomic E-state index is -0.478. The van der Waals surface area contributed by atoms with Crippen LogP contribution in [0.25, 0.3) is 16.9 Å². The third-order valence-electron chi connectivity index (χ3n) is 3.76. The fraction of sp³-hybridized carbons (Fsp3) is 0.105. The van der Waals surface area contributed by atoms with E-state index < -0.39 is 4.92 Å². The van der Waals surface area contributed by atoms with Crippen molar-refractivity contribution < 1.29 is 9.72 Å². The van der Waals surface area contributed by atoms with Gasteiger partial charge in [-0.15, -0.1) is 0 Å². The van der Waals surface area contributed by atoms with Crippen molar-refractivity contribution in [2.75, 3.05) is 14.1 Å². The number of aldehydes is 1. The van der Waals surface area contributed by atoms with Crippen LogP contribution in [-0.4, -0.2) is 46.3 Å². The third-order valence-corrected chi connectivity index (χ3v) is 3.76. The van der Waals surface area contributed by atoms with Gasteiger partial charge in [0.2, 0.25) is 0 Å². The minimum Gasteiger partial charge on any atom is -0.369 e. The Morgan fingerprint density at radius 2 is 1.89 bits per heavy atom. The molecular formula is C19H17N5O3. The largest absolute Gasteiger partial charge is 0.369 e. The highest BCUT2D eigenvalue weighted by Gasteiger charge is 2.20. The second-order valence-corrected chi connectivity index (χ2v) is 5.97. The van der Waals surface area contributed by atoms with Gasteiger partial charge in [-0.05, 0) is 6.07 Å². The molecule has 0 saturated heterocycles. The summed E-state index contributed by atoms with van der Waals surface area (Å²) < 4.78 is 1.44. The third kappa shape index (κ3) is 3.74. The second kappa shape index (κ2) is 7.61. The lowest BCUT2D eigenvalue weighted by Gasteiger charge is -2.06. The summed E-state index contributed by atoms with van der Waals surface area (Å²) in [7, 11) is 3.60. The highest BCUT2D eigenvalue weighted by atomic mass is 16.6. The van der Waals surface area contributed by atoms with Crippen molar-refractivity contribution in [3.05, 3.63) is 70.3 Å². The topological polar surface area (TPSA) is 93.6 Å². The van der Waals surface area contributed by atoms with Crippen molar-refractivity contribution >= 4 is 24.1 Å². The smallest absolute Gasteiger partial charge is 0.271 e. The number of carbonyl (C=O) groups is 1. The molecule has 136 valence electrons. The highest BCUT2D eigenvalue weighted by Crippen LogP contribution is 2.32. The maximum Gasteiger partial charge on any atom is 0.271 e. The number of nitrogens with zero attached hydrogens (tertiary/aromatic N) is 5. The van der Waals surface area contributed by atoms with Crippen LogP contribution in [0.5, 0.6) is 0 Å². The summed E-state index contributed by atoms with van der Waals surface area (Å²) in [6, 6.07) is 15.3. The van der Waals surface area contributed by atoms with Crippen LogP contribution in [0.3, 0.4) is 0 Å². The standard InChI is InChI=1S/C19H17N5O3/c1-22(2)13-20-19-17(12-25)18(14-7-4-3-5-8-14)21-23(19)15-9-6-10-16(11-15)24(26)27/h3-13H,1-2H3/b20-13+. The van der Waals surface area contributed by atoms with E-state index in [0.717, 1.165) is 5.56 Å². The Kier molecular flexibility index (Phi) is 5.07. The normalized spacial score (nSPS) is 10.9. The Morgan fingerprint density at radius 3 is 2.52 bits per heavy atom. The molecule has 1 aromatic heterocycles. The van der Waals surface area contributed by atoms with E-state index in [1.54, 1.807) is 37.5 Å². The van der Waals surface area contributed by atoms with Gasteiger partial charge in [0, 0.05) is 31.8 Å². The zero-order chi connectivity index (χ0) is 19.4. The van der Waals surface area contributed by atoms with Gasteiger partial charge in [0.15, 0.2) is 12.1 Å². The molecule has 0 aliphatic heterocycles. The number of hydrogen-bond acceptors (Lipinski definition) is 5. The van der Waals surface area contributed by atoms with Crippen LogP contribution in [-0.2, 0) is 0 Å². The van der Waals surface area contributed by atoms with Crippen molar-refractivity contribution in [1.29, 1.82) is 0 Å². The minimum absolute atomic E-state index is 0.0700.